The van der Waals surface area contributed by atoms with Gasteiger partial charge in [-0.05, 0) is 37.1 Å². The molecule has 0 radical (unpaired) electrons. The molecule has 0 aromatic heterocycles. The van der Waals surface area contributed by atoms with Crippen molar-refractivity contribution in [2.45, 2.75) is 44.9 Å². The number of carbonyl (C=O) groups is 1. The molecular formula is C20H22O4. The molecule has 0 aliphatic carbocycles. The minimum absolute atomic E-state index is 0.256. The summed E-state index contributed by atoms with van der Waals surface area (Å²) < 4.78 is 17.2. The van der Waals surface area contributed by atoms with Gasteiger partial charge in [-0.25, -0.2) is 0 Å². The molecule has 3 rings (SSSR count). The highest BCUT2D eigenvalue weighted by Gasteiger charge is 2.40. The van der Waals surface area contributed by atoms with E-state index in [0.717, 1.165) is 23.2 Å². The first-order valence-electron chi connectivity index (χ1n) is 8.12. The fraction of sp³-hybridized carbons (Fsp3) is 0.350. The van der Waals surface area contributed by atoms with E-state index < -0.39 is 11.9 Å². The molecule has 126 valence electrons. The topological polar surface area (TPSA) is 44.8 Å². The van der Waals surface area contributed by atoms with Crippen LogP contribution in [0.15, 0.2) is 54.6 Å². The lowest BCUT2D eigenvalue weighted by atomic mass is 10.0. The predicted molar refractivity (Wildman–Crippen MR) is 90.8 cm³/mol. The van der Waals surface area contributed by atoms with Crippen LogP contribution < -0.4 is 4.74 Å². The van der Waals surface area contributed by atoms with Gasteiger partial charge in [-0.3, -0.25) is 0 Å². The molecule has 0 N–H and O–H groups in total. The van der Waals surface area contributed by atoms with Gasteiger partial charge >= 0.3 is 0 Å². The molecule has 2 unspecified atom stereocenters. The molecule has 0 amide bonds. The van der Waals surface area contributed by atoms with Crippen molar-refractivity contribution in [1.29, 1.82) is 0 Å². The van der Waals surface area contributed by atoms with Crippen molar-refractivity contribution in [3.8, 4) is 5.75 Å². The zero-order valence-electron chi connectivity index (χ0n) is 14.0. The molecule has 0 spiro atoms. The third kappa shape index (κ3) is 4.22. The van der Waals surface area contributed by atoms with E-state index in [9.17, 15) is 4.79 Å². The van der Waals surface area contributed by atoms with Crippen molar-refractivity contribution in [1.82, 2.24) is 0 Å². The van der Waals surface area contributed by atoms with E-state index in [0.29, 0.717) is 13.0 Å². The van der Waals surface area contributed by atoms with E-state index >= 15 is 0 Å². The summed E-state index contributed by atoms with van der Waals surface area (Å²) in [6.07, 6.45) is 0.672. The Morgan fingerprint density at radius 1 is 1.00 bits per heavy atom. The predicted octanol–water partition coefficient (Wildman–Crippen LogP) is 3.53. The van der Waals surface area contributed by atoms with Crippen LogP contribution in [0.3, 0.4) is 0 Å². The first-order chi connectivity index (χ1) is 11.6. The molecule has 1 fully saturated rings. The summed E-state index contributed by atoms with van der Waals surface area (Å²) in [7, 11) is 0. The third-order valence-corrected chi connectivity index (χ3v) is 3.96. The quantitative estimate of drug-likeness (QED) is 0.762. The summed E-state index contributed by atoms with van der Waals surface area (Å²) >= 11 is 0. The van der Waals surface area contributed by atoms with Gasteiger partial charge in [0.2, 0.25) is 0 Å². The van der Waals surface area contributed by atoms with Gasteiger partial charge in [0.05, 0.1) is 6.10 Å². The fourth-order valence-electron chi connectivity index (χ4n) is 2.83. The number of benzene rings is 2. The molecule has 2 aromatic rings. The first kappa shape index (κ1) is 16.7. The molecule has 4 heteroatoms. The Balaban J connectivity index is 1.57. The summed E-state index contributed by atoms with van der Waals surface area (Å²) in [5, 5.41) is 0. The molecule has 1 saturated heterocycles. The van der Waals surface area contributed by atoms with Gasteiger partial charge in [0.25, 0.3) is 0 Å². The second-order valence-electron chi connectivity index (χ2n) is 6.40. The molecule has 1 aliphatic rings. The van der Waals surface area contributed by atoms with Gasteiger partial charge in [-0.15, -0.1) is 0 Å². The Labute approximate surface area is 142 Å². The number of rotatable bonds is 6. The Bertz CT molecular complexity index is 664. The lowest BCUT2D eigenvalue weighted by Gasteiger charge is -2.16. The van der Waals surface area contributed by atoms with Crippen molar-refractivity contribution < 1.29 is 19.0 Å². The van der Waals surface area contributed by atoms with E-state index in [4.69, 9.17) is 14.2 Å². The maximum Gasteiger partial charge on any atom is 0.164 e. The fourth-order valence-corrected chi connectivity index (χ4v) is 2.83. The largest absolute Gasteiger partial charge is 0.489 e. The van der Waals surface area contributed by atoms with Crippen molar-refractivity contribution in [2.75, 3.05) is 0 Å². The third-order valence-electron chi connectivity index (χ3n) is 3.96. The normalized spacial score (nSPS) is 22.2. The highest BCUT2D eigenvalue weighted by Crippen LogP contribution is 2.29. The molecule has 0 saturated carbocycles. The lowest BCUT2D eigenvalue weighted by Crippen LogP contribution is -2.26. The Hall–Kier alpha value is -2.17. The first-order valence-corrected chi connectivity index (χ1v) is 8.12. The van der Waals surface area contributed by atoms with Crippen LogP contribution in [-0.4, -0.2) is 24.3 Å². The van der Waals surface area contributed by atoms with Crippen LogP contribution in [0.4, 0.5) is 0 Å². The minimum atomic E-state index is -0.713. The van der Waals surface area contributed by atoms with Gasteiger partial charge in [0, 0.05) is 6.42 Å². The highest BCUT2D eigenvalue weighted by atomic mass is 16.8. The van der Waals surface area contributed by atoms with E-state index in [2.05, 4.69) is 0 Å². The summed E-state index contributed by atoms with van der Waals surface area (Å²) in [4.78, 5) is 11.1. The van der Waals surface area contributed by atoms with Gasteiger partial charge in [0.1, 0.15) is 18.5 Å². The summed E-state index contributed by atoms with van der Waals surface area (Å²) in [6, 6.07) is 17.9. The highest BCUT2D eigenvalue weighted by molar-refractivity contribution is 5.58. The van der Waals surface area contributed by atoms with Crippen molar-refractivity contribution in [3.63, 3.8) is 0 Å². The Morgan fingerprint density at radius 3 is 2.38 bits per heavy atom. The van der Waals surface area contributed by atoms with Crippen molar-refractivity contribution in [2.24, 2.45) is 0 Å². The van der Waals surface area contributed by atoms with Crippen LogP contribution in [0, 0.1) is 0 Å². The standard InChI is InChI=1S/C20H22O4/c1-20(2)23-18(19(13-21)24-20)12-15-8-10-17(11-9-15)22-14-16-6-4-3-5-7-16/h3-11,13,18-19H,12,14H2,1-2H3. The smallest absolute Gasteiger partial charge is 0.164 e. The molecule has 2 aromatic carbocycles. The molecule has 1 aliphatic heterocycles. The van der Waals surface area contributed by atoms with Gasteiger partial charge in [0.15, 0.2) is 12.1 Å². The van der Waals surface area contributed by atoms with E-state index in [1.165, 1.54) is 0 Å². The maximum absolute atomic E-state index is 11.1. The number of ether oxygens (including phenoxy) is 3. The SMILES string of the molecule is CC1(C)OC(C=O)C(Cc2ccc(OCc3ccccc3)cc2)O1. The molecule has 1 heterocycles. The Kier molecular flexibility index (Phi) is 4.97. The van der Waals surface area contributed by atoms with E-state index in [1.54, 1.807) is 0 Å². The summed E-state index contributed by atoms with van der Waals surface area (Å²) in [5.74, 6) is 0.105. The molecule has 4 nitrogen and oxygen atoms in total. The average molecular weight is 326 g/mol. The number of aldehydes is 1. The van der Waals surface area contributed by atoms with E-state index in [1.807, 2.05) is 68.4 Å². The van der Waals surface area contributed by atoms with Gasteiger partial charge in [-0.2, -0.15) is 0 Å². The average Bonchev–Trinajstić information content (AvgIpc) is 2.89. The minimum Gasteiger partial charge on any atom is -0.489 e. The maximum atomic E-state index is 11.1. The van der Waals surface area contributed by atoms with Gasteiger partial charge < -0.3 is 19.0 Å². The summed E-state index contributed by atoms with van der Waals surface area (Å²) in [6.45, 7) is 4.19. The lowest BCUT2D eigenvalue weighted by molar-refractivity contribution is -0.150. The zero-order chi connectivity index (χ0) is 17.0. The number of carbonyl (C=O) groups excluding carboxylic acids is 1. The second kappa shape index (κ2) is 7.16. The molecule has 24 heavy (non-hydrogen) atoms. The van der Waals surface area contributed by atoms with Crippen LogP contribution in [-0.2, 0) is 27.3 Å². The van der Waals surface area contributed by atoms with Crippen LogP contribution >= 0.6 is 0 Å². The molecule has 0 bridgehead atoms. The summed E-state index contributed by atoms with van der Waals surface area (Å²) in [5.41, 5.74) is 2.22. The van der Waals surface area contributed by atoms with Crippen LogP contribution in [0.1, 0.15) is 25.0 Å². The van der Waals surface area contributed by atoms with Crippen LogP contribution in [0.5, 0.6) is 5.75 Å². The second-order valence-corrected chi connectivity index (χ2v) is 6.40. The van der Waals surface area contributed by atoms with Crippen LogP contribution in [0.25, 0.3) is 0 Å². The van der Waals surface area contributed by atoms with Crippen molar-refractivity contribution >= 4 is 6.29 Å². The monoisotopic (exact) mass is 326 g/mol. The molecular weight excluding hydrogens is 304 g/mol. The Morgan fingerprint density at radius 2 is 1.71 bits per heavy atom. The van der Waals surface area contributed by atoms with E-state index in [-0.39, 0.29) is 6.10 Å². The number of hydrogen-bond acceptors (Lipinski definition) is 4. The van der Waals surface area contributed by atoms with Gasteiger partial charge in [-0.1, -0.05) is 42.5 Å². The van der Waals surface area contributed by atoms with Crippen molar-refractivity contribution in [3.05, 3.63) is 65.7 Å². The zero-order valence-corrected chi connectivity index (χ0v) is 14.0. The molecule has 2 atom stereocenters. The van der Waals surface area contributed by atoms with Crippen LogP contribution in [0.2, 0.25) is 0 Å². The number of hydrogen-bond donors (Lipinski definition) is 0.